The molecule has 1 unspecified atom stereocenters. The molecule has 5 rings (SSSR count). The number of anilines is 3. The van der Waals surface area contributed by atoms with Crippen molar-refractivity contribution in [3.05, 3.63) is 53.8 Å². The highest BCUT2D eigenvalue weighted by atomic mass is 19.1. The minimum Gasteiger partial charge on any atom is -0.370 e. The summed E-state index contributed by atoms with van der Waals surface area (Å²) in [5.41, 5.74) is 1.25. The first kappa shape index (κ1) is 21.4. The monoisotopic (exact) mass is 450 g/mol. The van der Waals surface area contributed by atoms with Crippen molar-refractivity contribution in [2.75, 3.05) is 34.8 Å². The lowest BCUT2D eigenvalue weighted by molar-refractivity contribution is -0.120. The number of fused-ring (bicyclic) bond motifs is 3. The van der Waals surface area contributed by atoms with E-state index in [0.29, 0.717) is 29.8 Å². The van der Waals surface area contributed by atoms with Crippen molar-refractivity contribution in [3.63, 3.8) is 0 Å². The zero-order valence-electron chi connectivity index (χ0n) is 18.6. The second kappa shape index (κ2) is 8.17. The number of piperidine rings is 1. The molecular formula is C25H27FN4O3. The van der Waals surface area contributed by atoms with Crippen LogP contribution in [0, 0.1) is 5.82 Å². The molecule has 2 fully saturated rings. The van der Waals surface area contributed by atoms with Crippen molar-refractivity contribution in [1.29, 1.82) is 0 Å². The summed E-state index contributed by atoms with van der Waals surface area (Å²) in [6.45, 7) is 3.29. The number of carbonyl (C=O) groups is 3. The highest BCUT2D eigenvalue weighted by molar-refractivity contribution is 6.11. The molecule has 0 bridgehead atoms. The average molecular weight is 451 g/mol. The summed E-state index contributed by atoms with van der Waals surface area (Å²) in [6, 6.07) is 11.4. The van der Waals surface area contributed by atoms with Crippen LogP contribution in [0.1, 0.15) is 49.4 Å². The zero-order chi connectivity index (χ0) is 23.2. The van der Waals surface area contributed by atoms with E-state index in [2.05, 4.69) is 10.2 Å². The molecule has 0 radical (unpaired) electrons. The van der Waals surface area contributed by atoms with Crippen LogP contribution in [0.15, 0.2) is 42.5 Å². The molecule has 3 aliphatic heterocycles. The summed E-state index contributed by atoms with van der Waals surface area (Å²) >= 11 is 0. The molecule has 2 aromatic rings. The topological polar surface area (TPSA) is 73.0 Å². The Hall–Kier alpha value is -3.42. The molecule has 3 amide bonds. The Morgan fingerprint density at radius 3 is 2.61 bits per heavy atom. The molecule has 172 valence electrons. The lowest BCUT2D eigenvalue weighted by Gasteiger charge is -2.48. The molecular weight excluding hydrogens is 423 g/mol. The molecule has 0 aromatic heterocycles. The Labute approximate surface area is 192 Å². The molecule has 1 atom stereocenters. The molecule has 8 heteroatoms. The number of rotatable bonds is 4. The molecule has 3 aliphatic rings. The van der Waals surface area contributed by atoms with Crippen LogP contribution in [0.3, 0.4) is 0 Å². The van der Waals surface area contributed by atoms with Crippen LogP contribution in [0.25, 0.3) is 0 Å². The minimum absolute atomic E-state index is 0.0691. The third-order valence-corrected chi connectivity index (χ3v) is 6.98. The highest BCUT2D eigenvalue weighted by Gasteiger charge is 2.53. The number of hydrogen-bond acceptors (Lipinski definition) is 4. The first-order valence-electron chi connectivity index (χ1n) is 11.5. The number of carbonyl (C=O) groups excluding carboxylic acids is 3. The van der Waals surface area contributed by atoms with E-state index in [1.165, 1.54) is 17.0 Å². The number of benzene rings is 2. The smallest absolute Gasteiger partial charge is 0.258 e. The fourth-order valence-electron chi connectivity index (χ4n) is 5.29. The van der Waals surface area contributed by atoms with E-state index < -0.39 is 17.4 Å². The van der Waals surface area contributed by atoms with Gasteiger partial charge in [0.05, 0.1) is 22.6 Å². The van der Waals surface area contributed by atoms with E-state index in [9.17, 15) is 18.8 Å². The van der Waals surface area contributed by atoms with Gasteiger partial charge in [0.2, 0.25) is 11.8 Å². The van der Waals surface area contributed by atoms with Gasteiger partial charge in [0.25, 0.3) is 5.91 Å². The first-order chi connectivity index (χ1) is 15.9. The standard InChI is InChI=1S/C25H27FN4O3/c1-25-12-11-23(32)30(25)20-8-4-3-7-18(20)24(33)29(25)16-22(31)27-19-15-17(26)9-10-21(19)28-13-5-2-6-14-28/h3-4,7-10,15H,2,5-6,11-14,16H2,1H3,(H,27,31). The SMILES string of the molecule is CC12CCC(=O)N1c1ccccc1C(=O)N2CC(=O)Nc1cc(F)ccc1N1CCCCC1. The quantitative estimate of drug-likeness (QED) is 0.770. The molecule has 1 N–H and O–H groups in total. The Morgan fingerprint density at radius 1 is 1.06 bits per heavy atom. The summed E-state index contributed by atoms with van der Waals surface area (Å²) in [6.07, 6.45) is 4.01. The maximum Gasteiger partial charge on any atom is 0.258 e. The molecule has 33 heavy (non-hydrogen) atoms. The lowest BCUT2D eigenvalue weighted by Crippen LogP contribution is -2.63. The van der Waals surface area contributed by atoms with Gasteiger partial charge in [-0.15, -0.1) is 0 Å². The summed E-state index contributed by atoms with van der Waals surface area (Å²) < 4.78 is 14.1. The number of hydrogen-bond donors (Lipinski definition) is 1. The second-order valence-electron chi connectivity index (χ2n) is 9.11. The van der Waals surface area contributed by atoms with Gasteiger partial charge in [-0.25, -0.2) is 4.39 Å². The van der Waals surface area contributed by atoms with E-state index in [0.717, 1.165) is 38.0 Å². The van der Waals surface area contributed by atoms with Crippen molar-refractivity contribution in [2.45, 2.75) is 44.7 Å². The van der Waals surface area contributed by atoms with Crippen LogP contribution >= 0.6 is 0 Å². The van der Waals surface area contributed by atoms with Crippen molar-refractivity contribution in [1.82, 2.24) is 4.90 Å². The second-order valence-corrected chi connectivity index (χ2v) is 9.11. The minimum atomic E-state index is -0.919. The van der Waals surface area contributed by atoms with Crippen LogP contribution in [-0.2, 0) is 9.59 Å². The van der Waals surface area contributed by atoms with Crippen LogP contribution in [-0.4, -0.2) is 47.9 Å². The molecule has 2 aromatic carbocycles. The third kappa shape index (κ3) is 3.63. The van der Waals surface area contributed by atoms with Crippen molar-refractivity contribution >= 4 is 34.8 Å². The van der Waals surface area contributed by atoms with Gasteiger partial charge in [0.15, 0.2) is 0 Å². The van der Waals surface area contributed by atoms with Crippen LogP contribution in [0.4, 0.5) is 21.5 Å². The van der Waals surface area contributed by atoms with Gasteiger partial charge in [0, 0.05) is 19.5 Å². The van der Waals surface area contributed by atoms with Gasteiger partial charge < -0.3 is 15.1 Å². The molecule has 0 aliphatic carbocycles. The van der Waals surface area contributed by atoms with Gasteiger partial charge in [0.1, 0.15) is 18.0 Å². The Bertz CT molecular complexity index is 1130. The predicted molar refractivity (Wildman–Crippen MR) is 124 cm³/mol. The Morgan fingerprint density at radius 2 is 1.82 bits per heavy atom. The zero-order valence-corrected chi connectivity index (χ0v) is 18.6. The van der Waals surface area contributed by atoms with Gasteiger partial charge in [-0.2, -0.15) is 0 Å². The van der Waals surface area contributed by atoms with E-state index in [-0.39, 0.29) is 18.4 Å². The molecule has 2 saturated heterocycles. The molecule has 7 nitrogen and oxygen atoms in total. The van der Waals surface area contributed by atoms with Gasteiger partial charge >= 0.3 is 0 Å². The third-order valence-electron chi connectivity index (χ3n) is 6.98. The summed E-state index contributed by atoms with van der Waals surface area (Å²) in [5, 5.41) is 2.83. The van der Waals surface area contributed by atoms with Gasteiger partial charge in [-0.1, -0.05) is 12.1 Å². The number of nitrogens with zero attached hydrogens (tertiary/aromatic N) is 3. The van der Waals surface area contributed by atoms with E-state index in [4.69, 9.17) is 0 Å². The maximum absolute atomic E-state index is 14.1. The predicted octanol–water partition coefficient (Wildman–Crippen LogP) is 3.75. The summed E-state index contributed by atoms with van der Waals surface area (Å²) in [4.78, 5) is 44.5. The number of para-hydroxylation sites is 1. The van der Waals surface area contributed by atoms with E-state index in [1.54, 1.807) is 35.2 Å². The average Bonchev–Trinajstić information content (AvgIpc) is 3.12. The summed E-state index contributed by atoms with van der Waals surface area (Å²) in [7, 11) is 0. The van der Waals surface area contributed by atoms with Gasteiger partial charge in [-0.05, 0) is 62.9 Å². The van der Waals surface area contributed by atoms with E-state index >= 15 is 0 Å². The van der Waals surface area contributed by atoms with Crippen molar-refractivity contribution in [2.24, 2.45) is 0 Å². The normalized spacial score (nSPS) is 22.3. The number of nitrogens with one attached hydrogen (secondary N) is 1. The lowest BCUT2D eigenvalue weighted by atomic mass is 9.98. The highest BCUT2D eigenvalue weighted by Crippen LogP contribution is 2.44. The summed E-state index contributed by atoms with van der Waals surface area (Å²) in [5.74, 6) is -1.22. The Balaban J connectivity index is 1.42. The molecule has 0 spiro atoms. The van der Waals surface area contributed by atoms with Crippen LogP contribution in [0.2, 0.25) is 0 Å². The molecule has 3 heterocycles. The van der Waals surface area contributed by atoms with Crippen molar-refractivity contribution < 1.29 is 18.8 Å². The van der Waals surface area contributed by atoms with Crippen LogP contribution < -0.4 is 15.1 Å². The molecule has 0 saturated carbocycles. The number of halogens is 1. The van der Waals surface area contributed by atoms with E-state index in [1.807, 2.05) is 6.92 Å². The maximum atomic E-state index is 14.1. The fraction of sp³-hybridized carbons (Fsp3) is 0.400. The van der Waals surface area contributed by atoms with Crippen LogP contribution in [0.5, 0.6) is 0 Å². The fourth-order valence-corrected chi connectivity index (χ4v) is 5.29. The first-order valence-corrected chi connectivity index (χ1v) is 11.5. The Kier molecular flexibility index (Phi) is 5.31. The van der Waals surface area contributed by atoms with Crippen molar-refractivity contribution in [3.8, 4) is 0 Å². The largest absolute Gasteiger partial charge is 0.370 e. The number of amides is 3. The van der Waals surface area contributed by atoms with Gasteiger partial charge in [-0.3, -0.25) is 19.3 Å².